The summed E-state index contributed by atoms with van der Waals surface area (Å²) in [6.45, 7) is 3.50. The molecule has 2 rings (SSSR count). The standard InChI is InChI=1S/C20H24O5/c1-5-14-7-9-16(18(10-14)24-4)25-19(12-21)20(22)15-8-6-13(2)17(11-15)23-3/h6-11,19,21H,5,12H2,1-4H3. The van der Waals surface area contributed by atoms with Gasteiger partial charge in [-0.1, -0.05) is 25.1 Å². The Hall–Kier alpha value is -2.53. The van der Waals surface area contributed by atoms with Crippen LogP contribution in [0, 0.1) is 6.92 Å². The number of ketones is 1. The van der Waals surface area contributed by atoms with Gasteiger partial charge in [0.05, 0.1) is 20.8 Å². The van der Waals surface area contributed by atoms with E-state index in [1.54, 1.807) is 38.5 Å². The fraction of sp³-hybridized carbons (Fsp3) is 0.350. The second-order valence-corrected chi connectivity index (χ2v) is 5.68. The van der Waals surface area contributed by atoms with Crippen LogP contribution < -0.4 is 14.2 Å². The summed E-state index contributed by atoms with van der Waals surface area (Å²) in [5.74, 6) is 1.26. The lowest BCUT2D eigenvalue weighted by atomic mass is 10.0. The van der Waals surface area contributed by atoms with E-state index in [0.29, 0.717) is 22.8 Å². The van der Waals surface area contributed by atoms with Crippen LogP contribution in [0.25, 0.3) is 0 Å². The number of aliphatic hydroxyl groups excluding tert-OH is 1. The molecule has 2 aromatic carbocycles. The molecule has 0 aliphatic rings. The Morgan fingerprint density at radius 2 is 1.76 bits per heavy atom. The maximum atomic E-state index is 12.7. The van der Waals surface area contributed by atoms with Gasteiger partial charge in [-0.3, -0.25) is 4.79 Å². The van der Waals surface area contributed by atoms with Crippen molar-refractivity contribution < 1.29 is 24.1 Å². The number of carbonyl (C=O) groups is 1. The molecule has 1 unspecified atom stereocenters. The molecule has 25 heavy (non-hydrogen) atoms. The summed E-state index contributed by atoms with van der Waals surface area (Å²) in [5, 5.41) is 9.65. The Kier molecular flexibility index (Phi) is 6.42. The predicted molar refractivity (Wildman–Crippen MR) is 95.9 cm³/mol. The van der Waals surface area contributed by atoms with Gasteiger partial charge in [0.25, 0.3) is 0 Å². The largest absolute Gasteiger partial charge is 0.496 e. The summed E-state index contributed by atoms with van der Waals surface area (Å²) in [7, 11) is 3.10. The summed E-state index contributed by atoms with van der Waals surface area (Å²) in [6, 6.07) is 10.7. The van der Waals surface area contributed by atoms with Gasteiger partial charge in [-0.15, -0.1) is 0 Å². The lowest BCUT2D eigenvalue weighted by Crippen LogP contribution is -2.31. The number of Topliss-reactive ketones (excluding diaryl/α,β-unsaturated/α-hetero) is 1. The lowest BCUT2D eigenvalue weighted by molar-refractivity contribution is 0.0651. The highest BCUT2D eigenvalue weighted by molar-refractivity contribution is 6.00. The Balaban J connectivity index is 2.26. The first-order chi connectivity index (χ1) is 12.0. The smallest absolute Gasteiger partial charge is 0.205 e. The van der Waals surface area contributed by atoms with Gasteiger partial charge in [0.1, 0.15) is 5.75 Å². The van der Waals surface area contributed by atoms with Crippen LogP contribution in [0.3, 0.4) is 0 Å². The molecule has 2 aromatic rings. The van der Waals surface area contributed by atoms with Crippen molar-refractivity contribution in [2.24, 2.45) is 0 Å². The molecule has 0 saturated heterocycles. The third kappa shape index (κ3) is 4.31. The average molecular weight is 344 g/mol. The second kappa shape index (κ2) is 8.53. The van der Waals surface area contributed by atoms with Gasteiger partial charge in [0.15, 0.2) is 17.6 Å². The van der Waals surface area contributed by atoms with Crippen molar-refractivity contribution in [2.75, 3.05) is 20.8 Å². The van der Waals surface area contributed by atoms with E-state index in [1.165, 1.54) is 0 Å². The monoisotopic (exact) mass is 344 g/mol. The molecule has 5 heteroatoms. The van der Waals surface area contributed by atoms with Crippen LogP contribution in [-0.2, 0) is 6.42 Å². The van der Waals surface area contributed by atoms with E-state index < -0.39 is 12.7 Å². The molecule has 134 valence electrons. The number of rotatable bonds is 8. The molecule has 0 aliphatic heterocycles. The molecule has 0 bridgehead atoms. The molecule has 0 saturated carbocycles. The highest BCUT2D eigenvalue weighted by Gasteiger charge is 2.23. The van der Waals surface area contributed by atoms with E-state index in [9.17, 15) is 9.90 Å². The average Bonchev–Trinajstić information content (AvgIpc) is 2.65. The minimum absolute atomic E-state index is 0.317. The van der Waals surface area contributed by atoms with Crippen LogP contribution in [-0.4, -0.2) is 37.8 Å². The maximum absolute atomic E-state index is 12.7. The number of methoxy groups -OCH3 is 2. The highest BCUT2D eigenvalue weighted by Crippen LogP contribution is 2.30. The number of carbonyl (C=O) groups excluding carboxylic acids is 1. The van der Waals surface area contributed by atoms with E-state index in [4.69, 9.17) is 14.2 Å². The van der Waals surface area contributed by atoms with Crippen LogP contribution in [0.4, 0.5) is 0 Å². The third-order valence-electron chi connectivity index (χ3n) is 4.06. The fourth-order valence-corrected chi connectivity index (χ4v) is 2.52. The summed E-state index contributed by atoms with van der Waals surface area (Å²) in [6.07, 6.45) is -0.156. The molecule has 0 amide bonds. The number of ether oxygens (including phenoxy) is 3. The SMILES string of the molecule is CCc1ccc(OC(CO)C(=O)c2ccc(C)c(OC)c2)c(OC)c1. The lowest BCUT2D eigenvalue weighted by Gasteiger charge is -2.19. The Morgan fingerprint density at radius 3 is 2.36 bits per heavy atom. The van der Waals surface area contributed by atoms with Gasteiger partial charge in [-0.2, -0.15) is 0 Å². The summed E-state index contributed by atoms with van der Waals surface area (Å²) in [5.41, 5.74) is 2.45. The summed E-state index contributed by atoms with van der Waals surface area (Å²) < 4.78 is 16.3. The Labute approximate surface area is 148 Å². The molecule has 0 spiro atoms. The Bertz CT molecular complexity index is 739. The van der Waals surface area contributed by atoms with Crippen molar-refractivity contribution in [3.8, 4) is 17.2 Å². The number of benzene rings is 2. The van der Waals surface area contributed by atoms with Crippen LogP contribution >= 0.6 is 0 Å². The van der Waals surface area contributed by atoms with Crippen molar-refractivity contribution in [1.82, 2.24) is 0 Å². The van der Waals surface area contributed by atoms with Crippen molar-refractivity contribution in [3.05, 3.63) is 53.1 Å². The molecule has 1 N–H and O–H groups in total. The van der Waals surface area contributed by atoms with E-state index in [1.807, 2.05) is 26.0 Å². The van der Waals surface area contributed by atoms with Gasteiger partial charge in [0.2, 0.25) is 5.78 Å². The minimum Gasteiger partial charge on any atom is -0.496 e. The van der Waals surface area contributed by atoms with E-state index in [2.05, 4.69) is 0 Å². The third-order valence-corrected chi connectivity index (χ3v) is 4.06. The topological polar surface area (TPSA) is 65.0 Å². The first-order valence-electron chi connectivity index (χ1n) is 8.17. The van der Waals surface area contributed by atoms with Gasteiger partial charge in [-0.05, 0) is 42.7 Å². The molecule has 0 heterocycles. The van der Waals surface area contributed by atoms with Crippen molar-refractivity contribution in [1.29, 1.82) is 0 Å². The molecule has 0 radical (unpaired) electrons. The van der Waals surface area contributed by atoms with Crippen molar-refractivity contribution in [3.63, 3.8) is 0 Å². The fourth-order valence-electron chi connectivity index (χ4n) is 2.52. The zero-order valence-electron chi connectivity index (χ0n) is 15.0. The van der Waals surface area contributed by atoms with Crippen LogP contribution in [0.15, 0.2) is 36.4 Å². The van der Waals surface area contributed by atoms with E-state index >= 15 is 0 Å². The zero-order chi connectivity index (χ0) is 18.4. The summed E-state index contributed by atoms with van der Waals surface area (Å²) in [4.78, 5) is 12.7. The van der Waals surface area contributed by atoms with Gasteiger partial charge in [-0.25, -0.2) is 0 Å². The second-order valence-electron chi connectivity index (χ2n) is 5.68. The molecular formula is C20H24O5. The van der Waals surface area contributed by atoms with Crippen LogP contribution in [0.2, 0.25) is 0 Å². The molecule has 5 nitrogen and oxygen atoms in total. The zero-order valence-corrected chi connectivity index (χ0v) is 15.0. The van der Waals surface area contributed by atoms with Gasteiger partial charge in [0, 0.05) is 5.56 Å². The van der Waals surface area contributed by atoms with Gasteiger partial charge >= 0.3 is 0 Å². The molecule has 0 aromatic heterocycles. The van der Waals surface area contributed by atoms with Crippen molar-refractivity contribution >= 4 is 5.78 Å². The number of aliphatic hydroxyl groups is 1. The summed E-state index contributed by atoms with van der Waals surface area (Å²) >= 11 is 0. The Morgan fingerprint density at radius 1 is 1.04 bits per heavy atom. The minimum atomic E-state index is -1.02. The van der Waals surface area contributed by atoms with Gasteiger partial charge < -0.3 is 19.3 Å². The molecular weight excluding hydrogens is 320 g/mol. The maximum Gasteiger partial charge on any atom is 0.205 e. The number of hydrogen-bond acceptors (Lipinski definition) is 5. The van der Waals surface area contributed by atoms with Crippen LogP contribution in [0.5, 0.6) is 17.2 Å². The molecule has 0 aliphatic carbocycles. The predicted octanol–water partition coefficient (Wildman–Crippen LogP) is 3.20. The van der Waals surface area contributed by atoms with E-state index in [0.717, 1.165) is 17.5 Å². The number of hydrogen-bond donors (Lipinski definition) is 1. The van der Waals surface area contributed by atoms with E-state index in [-0.39, 0.29) is 5.78 Å². The quantitative estimate of drug-likeness (QED) is 0.745. The van der Waals surface area contributed by atoms with Crippen LogP contribution in [0.1, 0.15) is 28.4 Å². The first-order valence-corrected chi connectivity index (χ1v) is 8.17. The first kappa shape index (κ1) is 18.8. The molecule has 0 fully saturated rings. The molecule has 1 atom stereocenters. The normalized spacial score (nSPS) is 11.7. The highest BCUT2D eigenvalue weighted by atomic mass is 16.5. The van der Waals surface area contributed by atoms with Crippen molar-refractivity contribution in [2.45, 2.75) is 26.4 Å². The number of aryl methyl sites for hydroxylation is 2.